The summed E-state index contributed by atoms with van der Waals surface area (Å²) in [5, 5.41) is 14.8. The number of nitrogens with two attached hydrogens (primary N) is 1. The van der Waals surface area contributed by atoms with Crippen molar-refractivity contribution in [1.82, 2.24) is 0 Å². The van der Waals surface area contributed by atoms with E-state index in [1.54, 1.807) is 36.4 Å². The fourth-order valence-corrected chi connectivity index (χ4v) is 1.85. The number of phenolic OH excluding ortho intramolecular Hbond substituents is 1. The minimum atomic E-state index is -0.685. The second-order valence-corrected chi connectivity index (χ2v) is 4.54. The molecule has 6 heteroatoms. The van der Waals surface area contributed by atoms with Gasteiger partial charge in [0.15, 0.2) is 0 Å². The maximum Gasteiger partial charge on any atom is 0.316 e. The number of carbonyl (C=O) groups is 2. The Balaban J connectivity index is 2.19. The summed E-state index contributed by atoms with van der Waals surface area (Å²) in [4.78, 5) is 22.9. The van der Waals surface area contributed by atoms with Gasteiger partial charge in [0, 0.05) is 11.4 Å². The lowest BCUT2D eigenvalue weighted by Crippen LogP contribution is -2.19. The summed E-state index contributed by atoms with van der Waals surface area (Å²) in [5.41, 5.74) is 7.02. The lowest BCUT2D eigenvalue weighted by molar-refractivity contribution is 0.102. The van der Waals surface area contributed by atoms with Crippen molar-refractivity contribution in [3.05, 3.63) is 53.6 Å². The van der Waals surface area contributed by atoms with Crippen LogP contribution in [-0.4, -0.2) is 17.0 Å². The number of anilines is 2. The summed E-state index contributed by atoms with van der Waals surface area (Å²) in [5.74, 6) is -0.531. The van der Waals surface area contributed by atoms with E-state index >= 15 is 0 Å². The molecule has 0 heterocycles. The molecule has 5 N–H and O–H groups in total. The van der Waals surface area contributed by atoms with Crippen LogP contribution in [0.25, 0.3) is 0 Å². The van der Waals surface area contributed by atoms with E-state index < -0.39 is 11.9 Å². The van der Waals surface area contributed by atoms with E-state index in [2.05, 4.69) is 10.6 Å². The number of aryl methyl sites for hydroxylation is 1. The second kappa shape index (κ2) is 5.96. The number of urea groups is 1. The molecule has 0 unspecified atom stereocenters. The zero-order valence-electron chi connectivity index (χ0n) is 11.4. The van der Waals surface area contributed by atoms with E-state index in [0.717, 1.165) is 5.56 Å². The van der Waals surface area contributed by atoms with Crippen LogP contribution in [0.4, 0.5) is 16.2 Å². The molecule has 0 radical (unpaired) electrons. The monoisotopic (exact) mass is 285 g/mol. The maximum absolute atomic E-state index is 12.1. The van der Waals surface area contributed by atoms with Crippen LogP contribution in [0.1, 0.15) is 15.9 Å². The summed E-state index contributed by atoms with van der Waals surface area (Å²) in [7, 11) is 0. The molecule has 0 saturated heterocycles. The van der Waals surface area contributed by atoms with Crippen molar-refractivity contribution in [3.63, 3.8) is 0 Å². The highest BCUT2D eigenvalue weighted by atomic mass is 16.3. The van der Waals surface area contributed by atoms with Crippen molar-refractivity contribution in [2.45, 2.75) is 6.92 Å². The predicted molar refractivity (Wildman–Crippen MR) is 80.4 cm³/mol. The lowest BCUT2D eigenvalue weighted by Gasteiger charge is -2.09. The Morgan fingerprint density at radius 1 is 1.05 bits per heavy atom. The highest BCUT2D eigenvalue weighted by Crippen LogP contribution is 2.21. The van der Waals surface area contributed by atoms with Crippen LogP contribution < -0.4 is 16.4 Å². The molecule has 3 amide bonds. The van der Waals surface area contributed by atoms with Crippen LogP contribution in [0.5, 0.6) is 5.75 Å². The number of nitrogens with one attached hydrogen (secondary N) is 2. The highest BCUT2D eigenvalue weighted by molar-refractivity contribution is 6.06. The van der Waals surface area contributed by atoms with Crippen LogP contribution in [0.15, 0.2) is 42.5 Å². The third-order valence-electron chi connectivity index (χ3n) is 2.78. The van der Waals surface area contributed by atoms with Crippen molar-refractivity contribution < 1.29 is 14.7 Å². The van der Waals surface area contributed by atoms with Gasteiger partial charge in [-0.1, -0.05) is 17.7 Å². The lowest BCUT2D eigenvalue weighted by atomic mass is 10.1. The molecule has 0 aliphatic heterocycles. The van der Waals surface area contributed by atoms with Gasteiger partial charge in [-0.05, 0) is 37.3 Å². The van der Waals surface area contributed by atoms with E-state index in [-0.39, 0.29) is 11.3 Å². The Hall–Kier alpha value is -3.02. The molecule has 0 aliphatic carbocycles. The van der Waals surface area contributed by atoms with Crippen LogP contribution >= 0.6 is 0 Å². The number of hydrogen-bond donors (Lipinski definition) is 4. The molecule has 21 heavy (non-hydrogen) atoms. The minimum absolute atomic E-state index is 0.0930. The fourth-order valence-electron chi connectivity index (χ4n) is 1.85. The summed E-state index contributed by atoms with van der Waals surface area (Å²) in [6.07, 6.45) is 0. The van der Waals surface area contributed by atoms with Crippen LogP contribution in [0, 0.1) is 6.92 Å². The first-order valence-corrected chi connectivity index (χ1v) is 6.23. The zero-order chi connectivity index (χ0) is 15.4. The van der Waals surface area contributed by atoms with Gasteiger partial charge in [-0.15, -0.1) is 0 Å². The van der Waals surface area contributed by atoms with Crippen molar-refractivity contribution in [1.29, 1.82) is 0 Å². The summed E-state index contributed by atoms with van der Waals surface area (Å²) >= 11 is 0. The summed E-state index contributed by atoms with van der Waals surface area (Å²) in [6.45, 7) is 1.83. The van der Waals surface area contributed by atoms with E-state index in [4.69, 9.17) is 5.73 Å². The Morgan fingerprint density at radius 2 is 1.71 bits per heavy atom. The number of hydrogen-bond acceptors (Lipinski definition) is 3. The Bertz CT molecular complexity index is 698. The Morgan fingerprint density at radius 3 is 2.38 bits per heavy atom. The molecule has 0 aliphatic rings. The molecule has 0 aromatic heterocycles. The smallest absolute Gasteiger partial charge is 0.316 e. The molecule has 0 spiro atoms. The quantitative estimate of drug-likeness (QED) is 0.696. The molecule has 0 bridgehead atoms. The first-order chi connectivity index (χ1) is 9.95. The largest absolute Gasteiger partial charge is 0.507 e. The van der Waals surface area contributed by atoms with Crippen molar-refractivity contribution >= 4 is 23.3 Å². The first kappa shape index (κ1) is 14.4. The SMILES string of the molecule is Cc1ccc(O)c(C(=O)Nc2cccc(NC(N)=O)c2)c1. The van der Waals surface area contributed by atoms with Gasteiger partial charge < -0.3 is 21.5 Å². The van der Waals surface area contributed by atoms with Gasteiger partial charge in [-0.2, -0.15) is 0 Å². The number of rotatable bonds is 3. The van der Waals surface area contributed by atoms with Gasteiger partial charge in [0.05, 0.1) is 5.56 Å². The van der Waals surface area contributed by atoms with Crippen molar-refractivity contribution in [2.75, 3.05) is 10.6 Å². The van der Waals surface area contributed by atoms with Crippen LogP contribution in [0.3, 0.4) is 0 Å². The number of carbonyl (C=O) groups excluding carboxylic acids is 2. The summed E-state index contributed by atoms with van der Waals surface area (Å²) < 4.78 is 0. The number of phenols is 1. The van der Waals surface area contributed by atoms with Crippen molar-refractivity contribution in [2.24, 2.45) is 5.73 Å². The normalized spacial score (nSPS) is 9.95. The topological polar surface area (TPSA) is 104 Å². The van der Waals surface area contributed by atoms with Gasteiger partial charge >= 0.3 is 6.03 Å². The van der Waals surface area contributed by atoms with Crippen LogP contribution in [-0.2, 0) is 0 Å². The molecule has 6 nitrogen and oxygen atoms in total. The number of aromatic hydroxyl groups is 1. The predicted octanol–water partition coefficient (Wildman–Crippen LogP) is 2.44. The second-order valence-electron chi connectivity index (χ2n) is 4.54. The molecule has 2 rings (SSSR count). The molecule has 0 saturated carbocycles. The molecular formula is C15H15N3O3. The first-order valence-electron chi connectivity index (χ1n) is 6.23. The molecule has 0 fully saturated rings. The standard InChI is InChI=1S/C15H15N3O3/c1-9-5-6-13(19)12(7-9)14(20)17-10-3-2-4-11(8-10)18-15(16)21/h2-8,19H,1H3,(H,17,20)(H3,16,18,21). The Labute approximate surface area is 121 Å². The van der Waals surface area contributed by atoms with Gasteiger partial charge in [0.2, 0.25) is 0 Å². The molecule has 108 valence electrons. The maximum atomic E-state index is 12.1. The van der Waals surface area contributed by atoms with E-state index in [1.807, 2.05) is 6.92 Å². The minimum Gasteiger partial charge on any atom is -0.507 e. The third kappa shape index (κ3) is 3.73. The molecule has 2 aromatic carbocycles. The van der Waals surface area contributed by atoms with Gasteiger partial charge in [-0.25, -0.2) is 4.79 Å². The van der Waals surface area contributed by atoms with Gasteiger partial charge in [0.1, 0.15) is 5.75 Å². The van der Waals surface area contributed by atoms with Gasteiger partial charge in [-0.3, -0.25) is 4.79 Å². The average Bonchev–Trinajstić information content (AvgIpc) is 2.41. The highest BCUT2D eigenvalue weighted by Gasteiger charge is 2.11. The van der Waals surface area contributed by atoms with E-state index in [9.17, 15) is 14.7 Å². The molecule has 2 aromatic rings. The Kier molecular flexibility index (Phi) is 4.08. The summed E-state index contributed by atoms with van der Waals surface area (Å²) in [6, 6.07) is 10.6. The fraction of sp³-hybridized carbons (Fsp3) is 0.0667. The van der Waals surface area contributed by atoms with Crippen molar-refractivity contribution in [3.8, 4) is 5.75 Å². The number of benzene rings is 2. The van der Waals surface area contributed by atoms with Gasteiger partial charge in [0.25, 0.3) is 5.91 Å². The number of primary amides is 1. The van der Waals surface area contributed by atoms with E-state index in [1.165, 1.54) is 6.07 Å². The third-order valence-corrected chi connectivity index (χ3v) is 2.78. The van der Waals surface area contributed by atoms with Crippen LogP contribution in [0.2, 0.25) is 0 Å². The van der Waals surface area contributed by atoms with E-state index in [0.29, 0.717) is 11.4 Å². The number of amides is 3. The zero-order valence-corrected chi connectivity index (χ0v) is 11.4. The molecular weight excluding hydrogens is 270 g/mol. The molecule has 0 atom stereocenters. The average molecular weight is 285 g/mol.